The Bertz CT molecular complexity index is 519. The summed E-state index contributed by atoms with van der Waals surface area (Å²) in [6.45, 7) is 5.56. The van der Waals surface area contributed by atoms with E-state index in [1.807, 2.05) is 0 Å². The zero-order valence-corrected chi connectivity index (χ0v) is 12.4. The number of hydrogen-bond donors (Lipinski definition) is 2. The van der Waals surface area contributed by atoms with Crippen LogP contribution in [0.15, 0.2) is 30.5 Å². The van der Waals surface area contributed by atoms with Crippen molar-refractivity contribution in [1.29, 1.82) is 0 Å². The van der Waals surface area contributed by atoms with Crippen molar-refractivity contribution in [2.45, 2.75) is 45.7 Å². The van der Waals surface area contributed by atoms with Crippen molar-refractivity contribution in [1.82, 2.24) is 9.88 Å². The van der Waals surface area contributed by atoms with E-state index in [0.717, 1.165) is 38.9 Å². The summed E-state index contributed by atoms with van der Waals surface area (Å²) >= 11 is 0. The van der Waals surface area contributed by atoms with Crippen LogP contribution in [0.25, 0.3) is 10.9 Å². The predicted molar refractivity (Wildman–Crippen MR) is 84.9 cm³/mol. The molecule has 0 aliphatic rings. The van der Waals surface area contributed by atoms with Crippen molar-refractivity contribution in [3.8, 4) is 0 Å². The molecule has 110 valence electrons. The summed E-state index contributed by atoms with van der Waals surface area (Å²) in [7, 11) is 0. The quantitative estimate of drug-likeness (QED) is 0.688. The summed E-state index contributed by atoms with van der Waals surface area (Å²) < 4.78 is 2.32. The molecule has 0 bridgehead atoms. The molecule has 0 spiro atoms. The van der Waals surface area contributed by atoms with Crippen molar-refractivity contribution in [2.75, 3.05) is 13.2 Å². The van der Waals surface area contributed by atoms with Gasteiger partial charge < -0.3 is 15.0 Å². The summed E-state index contributed by atoms with van der Waals surface area (Å²) in [5.41, 5.74) is 2.66. The lowest BCUT2D eigenvalue weighted by Crippen LogP contribution is -2.13. The van der Waals surface area contributed by atoms with E-state index >= 15 is 0 Å². The van der Waals surface area contributed by atoms with Gasteiger partial charge in [-0.15, -0.1) is 0 Å². The van der Waals surface area contributed by atoms with E-state index in [2.05, 4.69) is 47.3 Å². The lowest BCUT2D eigenvalue weighted by molar-refractivity contribution is 0.282. The van der Waals surface area contributed by atoms with Crippen LogP contribution >= 0.6 is 0 Å². The first-order valence-electron chi connectivity index (χ1n) is 7.74. The van der Waals surface area contributed by atoms with Gasteiger partial charge >= 0.3 is 0 Å². The predicted octanol–water partition coefficient (Wildman–Crippen LogP) is 3.30. The second kappa shape index (κ2) is 8.08. The zero-order chi connectivity index (χ0) is 14.2. The minimum Gasteiger partial charge on any atom is -0.396 e. The van der Waals surface area contributed by atoms with Crippen molar-refractivity contribution in [3.63, 3.8) is 0 Å². The summed E-state index contributed by atoms with van der Waals surface area (Å²) in [4.78, 5) is 0. The highest BCUT2D eigenvalue weighted by Gasteiger charge is 2.02. The van der Waals surface area contributed by atoms with Gasteiger partial charge in [0, 0.05) is 31.4 Å². The van der Waals surface area contributed by atoms with Crippen LogP contribution in [0.5, 0.6) is 0 Å². The van der Waals surface area contributed by atoms with Gasteiger partial charge in [-0.2, -0.15) is 0 Å². The van der Waals surface area contributed by atoms with Crippen LogP contribution in [0.1, 0.15) is 38.2 Å². The van der Waals surface area contributed by atoms with E-state index in [0.29, 0.717) is 6.61 Å². The molecular formula is C17H26N2O. The molecule has 0 saturated carbocycles. The Kier molecular flexibility index (Phi) is 6.09. The molecule has 20 heavy (non-hydrogen) atoms. The zero-order valence-electron chi connectivity index (χ0n) is 12.4. The van der Waals surface area contributed by atoms with E-state index in [-0.39, 0.29) is 0 Å². The average Bonchev–Trinajstić information content (AvgIpc) is 2.86. The molecule has 2 rings (SSSR count). The molecule has 0 atom stereocenters. The second-order valence-corrected chi connectivity index (χ2v) is 5.36. The number of nitrogens with one attached hydrogen (secondary N) is 1. The Morgan fingerprint density at radius 1 is 1.15 bits per heavy atom. The highest BCUT2D eigenvalue weighted by atomic mass is 16.2. The fraction of sp³-hybridized carbons (Fsp3) is 0.529. The summed E-state index contributed by atoms with van der Waals surface area (Å²) in [5.74, 6) is 0. The maximum Gasteiger partial charge on any atom is 0.0480 e. The SMILES string of the molecule is CCCNCc1ccc2c(ccn2CCCCCO)c1. The van der Waals surface area contributed by atoms with E-state index < -0.39 is 0 Å². The van der Waals surface area contributed by atoms with Gasteiger partial charge in [-0.1, -0.05) is 13.0 Å². The van der Waals surface area contributed by atoms with E-state index in [4.69, 9.17) is 5.11 Å². The monoisotopic (exact) mass is 274 g/mol. The fourth-order valence-electron chi connectivity index (χ4n) is 2.53. The fourth-order valence-corrected chi connectivity index (χ4v) is 2.53. The van der Waals surface area contributed by atoms with Crippen molar-refractivity contribution < 1.29 is 5.11 Å². The average molecular weight is 274 g/mol. The molecule has 0 unspecified atom stereocenters. The number of rotatable bonds is 9. The van der Waals surface area contributed by atoms with E-state index in [9.17, 15) is 0 Å². The summed E-state index contributed by atoms with van der Waals surface area (Å²) in [5, 5.41) is 13.6. The standard InChI is InChI=1S/C17H26N2O/c1-2-9-18-14-15-6-7-17-16(13-15)8-11-19(17)10-4-3-5-12-20/h6-8,11,13,18,20H,2-5,9-10,12,14H2,1H3. The molecule has 3 nitrogen and oxygen atoms in total. The number of hydrogen-bond acceptors (Lipinski definition) is 2. The number of unbranched alkanes of at least 4 members (excludes halogenated alkanes) is 2. The van der Waals surface area contributed by atoms with Crippen molar-refractivity contribution in [2.24, 2.45) is 0 Å². The number of aliphatic hydroxyl groups excluding tert-OH is 1. The molecule has 0 radical (unpaired) electrons. The first kappa shape index (κ1) is 15.1. The molecule has 2 aromatic rings. The van der Waals surface area contributed by atoms with E-state index in [1.165, 1.54) is 22.9 Å². The lowest BCUT2D eigenvalue weighted by atomic mass is 10.1. The molecule has 0 aliphatic carbocycles. The van der Waals surface area contributed by atoms with E-state index in [1.54, 1.807) is 0 Å². The largest absolute Gasteiger partial charge is 0.396 e. The molecule has 1 aromatic heterocycles. The molecule has 0 aliphatic heterocycles. The van der Waals surface area contributed by atoms with Gasteiger partial charge in [0.25, 0.3) is 0 Å². The first-order valence-corrected chi connectivity index (χ1v) is 7.74. The molecule has 1 heterocycles. The molecule has 3 heteroatoms. The minimum atomic E-state index is 0.306. The molecule has 2 N–H and O–H groups in total. The Labute approximate surface area is 121 Å². The Hall–Kier alpha value is -1.32. The number of benzene rings is 1. The summed E-state index contributed by atoms with van der Waals surface area (Å²) in [6, 6.07) is 8.92. The molecule has 1 aromatic carbocycles. The molecule has 0 amide bonds. The van der Waals surface area contributed by atoms with Crippen LogP contribution in [0, 0.1) is 0 Å². The van der Waals surface area contributed by atoms with Gasteiger partial charge in [0.2, 0.25) is 0 Å². The van der Waals surface area contributed by atoms with Crippen LogP contribution < -0.4 is 5.32 Å². The maximum atomic E-state index is 8.80. The Morgan fingerprint density at radius 3 is 2.85 bits per heavy atom. The molecule has 0 saturated heterocycles. The number of aromatic nitrogens is 1. The minimum absolute atomic E-state index is 0.306. The van der Waals surface area contributed by atoms with Crippen molar-refractivity contribution >= 4 is 10.9 Å². The maximum absolute atomic E-state index is 8.80. The van der Waals surface area contributed by atoms with Gasteiger partial charge in [-0.05, 0) is 61.4 Å². The van der Waals surface area contributed by atoms with Gasteiger partial charge in [0.05, 0.1) is 0 Å². The van der Waals surface area contributed by atoms with Crippen molar-refractivity contribution in [3.05, 3.63) is 36.0 Å². The van der Waals surface area contributed by atoms with Crippen LogP contribution in [0.4, 0.5) is 0 Å². The topological polar surface area (TPSA) is 37.2 Å². The normalized spacial score (nSPS) is 11.3. The highest BCUT2D eigenvalue weighted by molar-refractivity contribution is 5.80. The molecular weight excluding hydrogens is 248 g/mol. The Morgan fingerprint density at radius 2 is 2.05 bits per heavy atom. The highest BCUT2D eigenvalue weighted by Crippen LogP contribution is 2.18. The van der Waals surface area contributed by atoms with Gasteiger partial charge in [0.1, 0.15) is 0 Å². The van der Waals surface area contributed by atoms with Crippen LogP contribution in [-0.4, -0.2) is 22.8 Å². The van der Waals surface area contributed by atoms with Gasteiger partial charge in [-0.25, -0.2) is 0 Å². The number of nitrogens with zero attached hydrogens (tertiary/aromatic N) is 1. The number of fused-ring (bicyclic) bond motifs is 1. The third-order valence-electron chi connectivity index (χ3n) is 3.65. The molecule has 0 fully saturated rings. The number of aryl methyl sites for hydroxylation is 1. The smallest absolute Gasteiger partial charge is 0.0480 e. The third-order valence-corrected chi connectivity index (χ3v) is 3.65. The lowest BCUT2D eigenvalue weighted by Gasteiger charge is -2.07. The third kappa shape index (κ3) is 4.09. The number of aliphatic hydroxyl groups is 1. The van der Waals surface area contributed by atoms with Crippen LogP contribution in [-0.2, 0) is 13.1 Å². The first-order chi connectivity index (χ1) is 9.85. The summed E-state index contributed by atoms with van der Waals surface area (Å²) in [6.07, 6.45) is 6.48. The van der Waals surface area contributed by atoms with Crippen LogP contribution in [0.3, 0.4) is 0 Å². The second-order valence-electron chi connectivity index (χ2n) is 5.36. The Balaban J connectivity index is 1.97. The van der Waals surface area contributed by atoms with Gasteiger partial charge in [-0.3, -0.25) is 0 Å². The van der Waals surface area contributed by atoms with Crippen LogP contribution in [0.2, 0.25) is 0 Å². The van der Waals surface area contributed by atoms with Gasteiger partial charge in [0.15, 0.2) is 0 Å².